The molecule has 6 rings (SSSR count). The molecule has 168 valence electrons. The molecule has 3 heterocycles. The smallest absolute Gasteiger partial charge is 0.158 e. The summed E-state index contributed by atoms with van der Waals surface area (Å²) in [5, 5.41) is 9.68. The number of rotatable bonds is 3. The van der Waals surface area contributed by atoms with Crippen molar-refractivity contribution >= 4 is 11.2 Å². The Morgan fingerprint density at radius 2 is 2.03 bits per heavy atom. The van der Waals surface area contributed by atoms with Gasteiger partial charge >= 0.3 is 0 Å². The maximum absolute atomic E-state index is 13.9. The summed E-state index contributed by atoms with van der Waals surface area (Å²) in [6, 6.07) is 13.1. The molecule has 1 aliphatic carbocycles. The third-order valence-corrected chi connectivity index (χ3v) is 6.76. The monoisotopic (exact) mass is 450 g/mol. The summed E-state index contributed by atoms with van der Waals surface area (Å²) in [5.74, 6) is 0.628. The number of aromatic nitrogens is 3. The van der Waals surface area contributed by atoms with E-state index in [1.807, 2.05) is 19.3 Å². The predicted molar refractivity (Wildman–Crippen MR) is 127 cm³/mol. The lowest BCUT2D eigenvalue weighted by atomic mass is 9.89. The van der Waals surface area contributed by atoms with E-state index in [0.29, 0.717) is 23.8 Å². The average molecular weight is 451 g/mol. The van der Waals surface area contributed by atoms with Gasteiger partial charge in [-0.2, -0.15) is 5.26 Å². The van der Waals surface area contributed by atoms with Crippen molar-refractivity contribution in [3.8, 4) is 11.8 Å². The van der Waals surface area contributed by atoms with Crippen molar-refractivity contribution in [2.75, 3.05) is 0 Å². The molecule has 1 fully saturated rings. The van der Waals surface area contributed by atoms with Crippen molar-refractivity contribution in [1.29, 1.82) is 5.26 Å². The lowest BCUT2D eigenvalue weighted by Gasteiger charge is -2.13. The standard InChI is InChI=1S/C28H23FN4O/c1-16(14-30)26-22-7-3-18(11-20(22)15-34-25-13-21(29)6-8-23(25)26)12-24-27(19-4-5-19)32-28-17(2)31-9-10-33(24)28/h3,6-11,13,19H,4-5,12,15H2,1-2H3. The summed E-state index contributed by atoms with van der Waals surface area (Å²) in [6.07, 6.45) is 6.91. The quantitative estimate of drug-likeness (QED) is 0.366. The second-order valence-corrected chi connectivity index (χ2v) is 9.13. The second-order valence-electron chi connectivity index (χ2n) is 9.13. The molecule has 0 atom stereocenters. The fourth-order valence-corrected chi connectivity index (χ4v) is 4.92. The van der Waals surface area contributed by atoms with Crippen LogP contribution in [0.2, 0.25) is 0 Å². The molecule has 1 aliphatic heterocycles. The van der Waals surface area contributed by atoms with E-state index in [1.165, 1.54) is 36.4 Å². The number of nitriles is 1. The molecule has 1 saturated carbocycles. The number of halogens is 1. The van der Waals surface area contributed by atoms with Crippen molar-refractivity contribution in [2.45, 2.75) is 45.6 Å². The van der Waals surface area contributed by atoms with Gasteiger partial charge in [-0.05, 0) is 55.5 Å². The normalized spacial score (nSPS) is 16.3. The van der Waals surface area contributed by atoms with Crippen LogP contribution in [0.1, 0.15) is 65.0 Å². The Hall–Kier alpha value is -3.98. The van der Waals surface area contributed by atoms with E-state index in [4.69, 9.17) is 9.72 Å². The molecular weight excluding hydrogens is 427 g/mol. The van der Waals surface area contributed by atoms with Gasteiger partial charge in [0.05, 0.1) is 23.2 Å². The number of imidazole rings is 1. The molecule has 0 spiro atoms. The first-order valence-corrected chi connectivity index (χ1v) is 11.5. The fraction of sp³-hybridized carbons (Fsp3) is 0.250. The molecule has 2 aromatic heterocycles. The summed E-state index contributed by atoms with van der Waals surface area (Å²) in [5.41, 5.74) is 9.42. The van der Waals surface area contributed by atoms with Crippen LogP contribution in [-0.2, 0) is 13.0 Å². The van der Waals surface area contributed by atoms with Gasteiger partial charge in [0.15, 0.2) is 5.65 Å². The minimum atomic E-state index is -0.357. The van der Waals surface area contributed by atoms with E-state index >= 15 is 0 Å². The topological polar surface area (TPSA) is 63.2 Å². The average Bonchev–Trinajstić information content (AvgIpc) is 3.63. The molecule has 0 unspecified atom stereocenters. The molecule has 0 N–H and O–H groups in total. The zero-order valence-electron chi connectivity index (χ0n) is 19.1. The van der Waals surface area contributed by atoms with Gasteiger partial charge in [0.1, 0.15) is 18.2 Å². The van der Waals surface area contributed by atoms with E-state index < -0.39 is 0 Å². The first-order chi connectivity index (χ1) is 16.5. The lowest BCUT2D eigenvalue weighted by Crippen LogP contribution is -2.02. The van der Waals surface area contributed by atoms with Crippen LogP contribution in [0.5, 0.6) is 5.75 Å². The number of hydrogen-bond donors (Lipinski definition) is 0. The van der Waals surface area contributed by atoms with E-state index in [0.717, 1.165) is 45.6 Å². The van der Waals surface area contributed by atoms with Crippen LogP contribution in [0.15, 0.2) is 54.4 Å². The Morgan fingerprint density at radius 3 is 2.82 bits per heavy atom. The van der Waals surface area contributed by atoms with Gasteiger partial charge in [0.25, 0.3) is 0 Å². The lowest BCUT2D eigenvalue weighted by molar-refractivity contribution is 0.305. The fourth-order valence-electron chi connectivity index (χ4n) is 4.92. The van der Waals surface area contributed by atoms with Crippen LogP contribution in [0.4, 0.5) is 4.39 Å². The van der Waals surface area contributed by atoms with Gasteiger partial charge in [0.2, 0.25) is 0 Å². The number of nitrogens with zero attached hydrogens (tertiary/aromatic N) is 4. The third kappa shape index (κ3) is 3.36. The van der Waals surface area contributed by atoms with Crippen LogP contribution in [0.25, 0.3) is 11.2 Å². The molecule has 6 heteroatoms. The third-order valence-electron chi connectivity index (χ3n) is 6.76. The molecule has 4 aromatic rings. The molecule has 0 radical (unpaired) electrons. The molecular formula is C28H23FN4O. The molecule has 2 aliphatic rings. The molecule has 0 saturated heterocycles. The zero-order chi connectivity index (χ0) is 23.4. The van der Waals surface area contributed by atoms with Gasteiger partial charge in [-0.15, -0.1) is 0 Å². The van der Waals surface area contributed by atoms with E-state index in [-0.39, 0.29) is 5.82 Å². The Morgan fingerprint density at radius 1 is 1.21 bits per heavy atom. The van der Waals surface area contributed by atoms with Crippen LogP contribution >= 0.6 is 0 Å². The van der Waals surface area contributed by atoms with Gasteiger partial charge in [0, 0.05) is 47.5 Å². The van der Waals surface area contributed by atoms with E-state index in [9.17, 15) is 9.65 Å². The number of hydrogen-bond acceptors (Lipinski definition) is 4. The van der Waals surface area contributed by atoms with Crippen molar-refractivity contribution < 1.29 is 9.13 Å². The summed E-state index contributed by atoms with van der Waals surface area (Å²) in [7, 11) is 0. The Bertz CT molecular complexity index is 1540. The highest BCUT2D eigenvalue weighted by Gasteiger charge is 2.30. The summed E-state index contributed by atoms with van der Waals surface area (Å²) >= 11 is 0. The Labute approximate surface area is 197 Å². The Kier molecular flexibility index (Phi) is 4.73. The predicted octanol–water partition coefficient (Wildman–Crippen LogP) is 5.88. The number of allylic oxidation sites excluding steroid dienone is 1. The largest absolute Gasteiger partial charge is 0.488 e. The highest BCUT2D eigenvalue weighted by atomic mass is 19.1. The van der Waals surface area contributed by atoms with Crippen molar-refractivity contribution in [3.05, 3.63) is 99.5 Å². The molecule has 2 aromatic carbocycles. The molecule has 0 amide bonds. The highest BCUT2D eigenvalue weighted by molar-refractivity contribution is 5.88. The van der Waals surface area contributed by atoms with Gasteiger partial charge < -0.3 is 9.14 Å². The number of fused-ring (bicyclic) bond motifs is 3. The minimum Gasteiger partial charge on any atom is -0.488 e. The molecule has 34 heavy (non-hydrogen) atoms. The maximum Gasteiger partial charge on any atom is 0.158 e. The van der Waals surface area contributed by atoms with Gasteiger partial charge in [-0.3, -0.25) is 4.98 Å². The summed E-state index contributed by atoms with van der Waals surface area (Å²) in [6.45, 7) is 4.10. The first kappa shape index (κ1) is 20.6. The number of benzene rings is 2. The van der Waals surface area contributed by atoms with Crippen molar-refractivity contribution in [3.63, 3.8) is 0 Å². The SMILES string of the molecule is CC(C#N)=C1c2ccc(Cc3c(C4CC4)nc4c(C)nccn34)cc2COc2cc(F)ccc21. The summed E-state index contributed by atoms with van der Waals surface area (Å²) in [4.78, 5) is 9.37. The van der Waals surface area contributed by atoms with Gasteiger partial charge in [-0.25, -0.2) is 9.37 Å². The van der Waals surface area contributed by atoms with Crippen LogP contribution in [0, 0.1) is 24.1 Å². The first-order valence-electron chi connectivity index (χ1n) is 11.5. The maximum atomic E-state index is 13.9. The van der Waals surface area contributed by atoms with E-state index in [1.54, 1.807) is 13.0 Å². The number of aryl methyl sites for hydroxylation is 1. The second kappa shape index (κ2) is 7.81. The highest BCUT2D eigenvalue weighted by Crippen LogP contribution is 2.43. The van der Waals surface area contributed by atoms with E-state index in [2.05, 4.69) is 33.7 Å². The number of ether oxygens (including phenoxy) is 1. The molecule has 0 bridgehead atoms. The van der Waals surface area contributed by atoms with Crippen LogP contribution in [-0.4, -0.2) is 14.4 Å². The van der Waals surface area contributed by atoms with Crippen LogP contribution in [0.3, 0.4) is 0 Å². The minimum absolute atomic E-state index is 0.313. The van der Waals surface area contributed by atoms with Crippen molar-refractivity contribution in [1.82, 2.24) is 14.4 Å². The summed E-state index contributed by atoms with van der Waals surface area (Å²) < 4.78 is 22.1. The Balaban J connectivity index is 1.45. The molecule has 5 nitrogen and oxygen atoms in total. The van der Waals surface area contributed by atoms with Gasteiger partial charge in [-0.1, -0.05) is 18.2 Å². The zero-order valence-corrected chi connectivity index (χ0v) is 19.1. The van der Waals surface area contributed by atoms with Crippen LogP contribution < -0.4 is 4.74 Å². The van der Waals surface area contributed by atoms with Crippen molar-refractivity contribution in [2.24, 2.45) is 0 Å².